The summed E-state index contributed by atoms with van der Waals surface area (Å²) < 4.78 is 6.02. The van der Waals surface area contributed by atoms with Crippen LogP contribution in [0.5, 0.6) is 0 Å². The van der Waals surface area contributed by atoms with Crippen molar-refractivity contribution in [2.75, 3.05) is 39.9 Å². The third-order valence-electron chi connectivity index (χ3n) is 2.66. The van der Waals surface area contributed by atoms with Crippen molar-refractivity contribution in [3.05, 3.63) is 30.3 Å². The van der Waals surface area contributed by atoms with Crippen LogP contribution >= 0.6 is 7.51 Å². The number of nitrogens with one attached hydrogen (secondary N) is 1. The molecule has 0 aliphatic carbocycles. The first-order chi connectivity index (χ1) is 7.40. The van der Waals surface area contributed by atoms with E-state index in [1.165, 1.54) is 0 Å². The molecule has 0 saturated carbocycles. The number of benzene rings is 1. The highest BCUT2D eigenvalue weighted by molar-refractivity contribution is 7.61. The second-order valence-electron chi connectivity index (χ2n) is 4.12. The molecule has 1 aromatic rings. The fourth-order valence-corrected chi connectivity index (χ4v) is 3.94. The van der Waals surface area contributed by atoms with Crippen molar-refractivity contribution in [3.8, 4) is 0 Å². The standard InChI is InChI=1S/C11H21N4P/c1-13(2)16(12,14(3)4)15(5)11-9-7-6-8-10-11/h6-10,12H,1-5H3. The predicted molar refractivity (Wildman–Crippen MR) is 71.9 cm³/mol. The molecule has 1 aromatic carbocycles. The van der Waals surface area contributed by atoms with Crippen LogP contribution < -0.4 is 4.67 Å². The van der Waals surface area contributed by atoms with E-state index in [1.807, 2.05) is 79.6 Å². The van der Waals surface area contributed by atoms with E-state index in [9.17, 15) is 0 Å². The van der Waals surface area contributed by atoms with Gasteiger partial charge in [0.1, 0.15) is 0 Å². The first-order valence-electron chi connectivity index (χ1n) is 5.19. The summed E-state index contributed by atoms with van der Waals surface area (Å²) in [5, 5.41) is 8.66. The van der Waals surface area contributed by atoms with Gasteiger partial charge in [-0.2, -0.15) is 0 Å². The maximum Gasteiger partial charge on any atom is 0.188 e. The molecule has 0 aliphatic rings. The second-order valence-corrected chi connectivity index (χ2v) is 7.46. The third-order valence-corrected chi connectivity index (χ3v) is 5.96. The predicted octanol–water partition coefficient (Wildman–Crippen LogP) is 2.77. The molecule has 16 heavy (non-hydrogen) atoms. The van der Waals surface area contributed by atoms with Crippen molar-refractivity contribution in [3.63, 3.8) is 0 Å². The first kappa shape index (κ1) is 13.2. The Bertz CT molecular complexity index is 363. The zero-order valence-corrected chi connectivity index (χ0v) is 11.6. The molecule has 0 aromatic heterocycles. The highest BCUT2D eigenvalue weighted by Gasteiger charge is 2.28. The van der Waals surface area contributed by atoms with Gasteiger partial charge in [0.25, 0.3) is 0 Å². The summed E-state index contributed by atoms with van der Waals surface area (Å²) in [6, 6.07) is 10.1. The third kappa shape index (κ3) is 2.29. The number of para-hydroxylation sites is 1. The number of hydrogen-bond acceptors (Lipinski definition) is 1. The highest BCUT2D eigenvalue weighted by atomic mass is 31.2. The zero-order valence-electron chi connectivity index (χ0n) is 10.7. The van der Waals surface area contributed by atoms with E-state index in [0.717, 1.165) is 5.69 Å². The van der Waals surface area contributed by atoms with Gasteiger partial charge in [-0.25, -0.2) is 9.34 Å². The Morgan fingerprint density at radius 1 is 0.875 bits per heavy atom. The van der Waals surface area contributed by atoms with Crippen molar-refractivity contribution >= 4 is 13.2 Å². The van der Waals surface area contributed by atoms with E-state index in [1.54, 1.807) is 0 Å². The van der Waals surface area contributed by atoms with E-state index in [2.05, 4.69) is 0 Å². The molecule has 0 fully saturated rings. The molecule has 5 heteroatoms. The van der Waals surface area contributed by atoms with Crippen LogP contribution in [-0.4, -0.2) is 44.6 Å². The number of hydrogen-bond donors (Lipinski definition) is 1. The SMILES string of the molecule is CN(C)P(=N)(N(C)C)N(C)c1ccccc1. The lowest BCUT2D eigenvalue weighted by Gasteiger charge is -2.42. The molecule has 0 amide bonds. The molecule has 0 bridgehead atoms. The van der Waals surface area contributed by atoms with Crippen LogP contribution in [0.2, 0.25) is 0 Å². The summed E-state index contributed by atoms with van der Waals surface area (Å²) in [5.74, 6) is 0. The Hall–Kier alpha value is -0.830. The Kier molecular flexibility index (Phi) is 4.14. The lowest BCUT2D eigenvalue weighted by Crippen LogP contribution is -2.32. The average molecular weight is 240 g/mol. The Balaban J connectivity index is 3.12. The molecular weight excluding hydrogens is 219 g/mol. The molecule has 0 atom stereocenters. The Labute approximate surface area is 98.5 Å². The molecule has 0 aliphatic heterocycles. The van der Waals surface area contributed by atoms with Crippen molar-refractivity contribution in [2.45, 2.75) is 0 Å². The minimum absolute atomic E-state index is 1.08. The van der Waals surface area contributed by atoms with Gasteiger partial charge in [-0.05, 0) is 40.3 Å². The minimum Gasteiger partial charge on any atom is -0.318 e. The average Bonchev–Trinajstić information content (AvgIpc) is 2.27. The zero-order chi connectivity index (χ0) is 12.3. The van der Waals surface area contributed by atoms with Gasteiger partial charge in [0.15, 0.2) is 7.51 Å². The summed E-state index contributed by atoms with van der Waals surface area (Å²) in [7, 11) is 7.64. The number of rotatable bonds is 4. The van der Waals surface area contributed by atoms with Crippen LogP contribution in [0.15, 0.2) is 30.3 Å². The lowest BCUT2D eigenvalue weighted by atomic mass is 10.3. The summed E-state index contributed by atoms with van der Waals surface area (Å²) in [6.07, 6.45) is 0. The molecule has 0 radical (unpaired) electrons. The smallest absolute Gasteiger partial charge is 0.188 e. The van der Waals surface area contributed by atoms with Crippen LogP contribution in [0.25, 0.3) is 0 Å². The van der Waals surface area contributed by atoms with Gasteiger partial charge in [0.05, 0.1) is 0 Å². The molecule has 0 saturated heterocycles. The quantitative estimate of drug-likeness (QED) is 0.822. The van der Waals surface area contributed by atoms with Crippen LogP contribution in [-0.2, 0) is 0 Å². The van der Waals surface area contributed by atoms with Gasteiger partial charge in [0, 0.05) is 12.7 Å². The molecular formula is C11H21N4P. The maximum atomic E-state index is 8.66. The maximum absolute atomic E-state index is 8.66. The molecule has 0 spiro atoms. The van der Waals surface area contributed by atoms with Gasteiger partial charge in [-0.3, -0.25) is 5.16 Å². The normalized spacial score (nSPS) is 12.2. The molecule has 1 rings (SSSR count). The summed E-state index contributed by atoms with van der Waals surface area (Å²) in [5.41, 5.74) is 1.08. The fourth-order valence-electron chi connectivity index (χ4n) is 1.70. The Morgan fingerprint density at radius 2 is 1.31 bits per heavy atom. The molecule has 90 valence electrons. The van der Waals surface area contributed by atoms with E-state index < -0.39 is 7.51 Å². The minimum atomic E-state index is -2.18. The summed E-state index contributed by atoms with van der Waals surface area (Å²) >= 11 is 0. The van der Waals surface area contributed by atoms with Crippen molar-refractivity contribution < 1.29 is 0 Å². The van der Waals surface area contributed by atoms with Crippen molar-refractivity contribution in [2.24, 2.45) is 0 Å². The van der Waals surface area contributed by atoms with Gasteiger partial charge in [-0.1, -0.05) is 18.2 Å². The Morgan fingerprint density at radius 3 is 1.69 bits per heavy atom. The van der Waals surface area contributed by atoms with Crippen LogP contribution in [0.3, 0.4) is 0 Å². The van der Waals surface area contributed by atoms with E-state index in [0.29, 0.717) is 0 Å². The monoisotopic (exact) mass is 240 g/mol. The van der Waals surface area contributed by atoms with Crippen molar-refractivity contribution in [1.29, 1.82) is 5.16 Å². The molecule has 0 unspecified atom stereocenters. The number of nitrogens with zero attached hydrogens (tertiary/aromatic N) is 3. The van der Waals surface area contributed by atoms with Crippen LogP contribution in [0.4, 0.5) is 5.69 Å². The fraction of sp³-hybridized carbons (Fsp3) is 0.455. The first-order valence-corrected chi connectivity index (χ1v) is 6.84. The van der Waals surface area contributed by atoms with Gasteiger partial charge in [-0.15, -0.1) is 0 Å². The molecule has 1 N–H and O–H groups in total. The summed E-state index contributed by atoms with van der Waals surface area (Å²) in [4.78, 5) is 0. The lowest BCUT2D eigenvalue weighted by molar-refractivity contribution is 0.552. The van der Waals surface area contributed by atoms with E-state index in [4.69, 9.17) is 5.16 Å². The second kappa shape index (κ2) is 5.00. The van der Waals surface area contributed by atoms with Crippen LogP contribution in [0, 0.1) is 5.16 Å². The van der Waals surface area contributed by atoms with E-state index in [-0.39, 0.29) is 0 Å². The van der Waals surface area contributed by atoms with Crippen LogP contribution in [0.1, 0.15) is 0 Å². The topological polar surface area (TPSA) is 33.6 Å². The van der Waals surface area contributed by atoms with Gasteiger partial charge >= 0.3 is 0 Å². The highest BCUT2D eigenvalue weighted by Crippen LogP contribution is 2.54. The molecule has 4 nitrogen and oxygen atoms in total. The van der Waals surface area contributed by atoms with E-state index >= 15 is 0 Å². The molecule has 0 heterocycles. The summed E-state index contributed by atoms with van der Waals surface area (Å²) in [6.45, 7) is 0. The van der Waals surface area contributed by atoms with Crippen molar-refractivity contribution in [1.82, 2.24) is 9.34 Å². The number of anilines is 1. The van der Waals surface area contributed by atoms with Gasteiger partial charge < -0.3 is 4.67 Å². The van der Waals surface area contributed by atoms with Gasteiger partial charge in [0.2, 0.25) is 0 Å². The largest absolute Gasteiger partial charge is 0.318 e.